The Kier molecular flexibility index (Phi) is 2.71. The molecule has 2 rings (SSSR count). The van der Waals surface area contributed by atoms with Gasteiger partial charge in [-0.2, -0.15) is 13.1 Å². The standard InChI is InChI=1S/C7H8N4OS2/c1-12-6-2-5(13-11-6)7(8)4-3-9-14-10-4/h2-3,7H,8H2,1H3. The molecule has 0 aromatic carbocycles. The fourth-order valence-electron chi connectivity index (χ4n) is 0.970. The molecule has 0 bridgehead atoms. The number of hydrogen-bond acceptors (Lipinski definition) is 7. The molecule has 2 aromatic rings. The molecular formula is C7H8N4OS2. The highest BCUT2D eigenvalue weighted by Gasteiger charge is 2.15. The quantitative estimate of drug-likeness (QED) is 0.850. The molecule has 2 heterocycles. The lowest BCUT2D eigenvalue weighted by Crippen LogP contribution is -2.10. The van der Waals surface area contributed by atoms with Crippen LogP contribution in [0, 0.1) is 0 Å². The van der Waals surface area contributed by atoms with Gasteiger partial charge in [-0.15, -0.1) is 0 Å². The first-order valence-electron chi connectivity index (χ1n) is 3.85. The Morgan fingerprint density at radius 1 is 1.50 bits per heavy atom. The lowest BCUT2D eigenvalue weighted by Gasteiger charge is -2.02. The average molecular weight is 228 g/mol. The summed E-state index contributed by atoms with van der Waals surface area (Å²) < 4.78 is 17.0. The second kappa shape index (κ2) is 3.99. The zero-order chi connectivity index (χ0) is 9.97. The summed E-state index contributed by atoms with van der Waals surface area (Å²) in [6.45, 7) is 0. The van der Waals surface area contributed by atoms with Gasteiger partial charge in [0.05, 0.1) is 41.6 Å². The van der Waals surface area contributed by atoms with E-state index in [1.54, 1.807) is 13.3 Å². The highest BCUT2D eigenvalue weighted by atomic mass is 32.1. The van der Waals surface area contributed by atoms with Crippen LogP contribution in [0.2, 0.25) is 0 Å². The van der Waals surface area contributed by atoms with E-state index in [-0.39, 0.29) is 6.04 Å². The van der Waals surface area contributed by atoms with Crippen molar-refractivity contribution in [2.75, 3.05) is 7.11 Å². The number of nitrogens with zero attached hydrogens (tertiary/aromatic N) is 3. The highest BCUT2D eigenvalue weighted by molar-refractivity contribution is 7.06. The summed E-state index contributed by atoms with van der Waals surface area (Å²) in [5, 5.41) is 0. The van der Waals surface area contributed by atoms with Crippen LogP contribution in [0.4, 0.5) is 0 Å². The fourth-order valence-corrected chi connectivity index (χ4v) is 2.14. The second-order valence-electron chi connectivity index (χ2n) is 2.58. The van der Waals surface area contributed by atoms with Crippen molar-refractivity contribution in [2.45, 2.75) is 6.04 Å². The van der Waals surface area contributed by atoms with Gasteiger partial charge in [-0.05, 0) is 11.5 Å². The van der Waals surface area contributed by atoms with Crippen molar-refractivity contribution in [3.05, 3.63) is 22.8 Å². The minimum atomic E-state index is -0.254. The predicted octanol–water partition coefficient (Wildman–Crippen LogP) is 1.05. The number of nitrogens with two attached hydrogens (primary N) is 1. The molecule has 5 nitrogen and oxygen atoms in total. The van der Waals surface area contributed by atoms with E-state index in [1.807, 2.05) is 6.07 Å². The first kappa shape index (κ1) is 9.50. The van der Waals surface area contributed by atoms with E-state index >= 15 is 0 Å². The van der Waals surface area contributed by atoms with Crippen LogP contribution in [0.1, 0.15) is 16.6 Å². The molecule has 0 aliphatic heterocycles. The first-order valence-corrected chi connectivity index (χ1v) is 5.35. The van der Waals surface area contributed by atoms with Crippen molar-refractivity contribution < 1.29 is 4.74 Å². The molecule has 2 N–H and O–H groups in total. The molecule has 0 spiro atoms. The molecule has 7 heteroatoms. The highest BCUT2D eigenvalue weighted by Crippen LogP contribution is 2.25. The van der Waals surface area contributed by atoms with Gasteiger partial charge in [0.1, 0.15) is 0 Å². The molecule has 0 saturated carbocycles. The topological polar surface area (TPSA) is 73.9 Å². The van der Waals surface area contributed by atoms with Gasteiger partial charge in [-0.1, -0.05) is 0 Å². The number of hydrogen-bond donors (Lipinski definition) is 1. The Morgan fingerprint density at radius 2 is 2.36 bits per heavy atom. The van der Waals surface area contributed by atoms with Crippen LogP contribution in [0.25, 0.3) is 0 Å². The SMILES string of the molecule is COc1cc(C(N)c2cnsn2)sn1. The number of aromatic nitrogens is 3. The molecule has 0 amide bonds. The zero-order valence-corrected chi connectivity index (χ0v) is 9.01. The fraction of sp³-hybridized carbons (Fsp3) is 0.286. The molecule has 74 valence electrons. The van der Waals surface area contributed by atoms with Gasteiger partial charge >= 0.3 is 0 Å². The van der Waals surface area contributed by atoms with Crippen molar-refractivity contribution >= 4 is 23.3 Å². The zero-order valence-electron chi connectivity index (χ0n) is 7.38. The Labute approximate surface area is 89.0 Å². The van der Waals surface area contributed by atoms with Gasteiger partial charge in [0.2, 0.25) is 5.88 Å². The summed E-state index contributed by atoms with van der Waals surface area (Å²) in [6, 6.07) is 1.56. The Bertz CT molecular complexity index is 399. The average Bonchev–Trinajstić information content (AvgIpc) is 2.88. The summed E-state index contributed by atoms with van der Waals surface area (Å²) in [5.41, 5.74) is 6.71. The van der Waals surface area contributed by atoms with E-state index in [2.05, 4.69) is 13.1 Å². The van der Waals surface area contributed by atoms with E-state index < -0.39 is 0 Å². The largest absolute Gasteiger partial charge is 0.480 e. The Morgan fingerprint density at radius 3 is 2.93 bits per heavy atom. The van der Waals surface area contributed by atoms with Crippen LogP contribution < -0.4 is 10.5 Å². The van der Waals surface area contributed by atoms with E-state index in [4.69, 9.17) is 10.5 Å². The molecule has 0 saturated heterocycles. The van der Waals surface area contributed by atoms with Crippen molar-refractivity contribution in [1.82, 2.24) is 13.1 Å². The third-order valence-electron chi connectivity index (χ3n) is 1.72. The van der Waals surface area contributed by atoms with Crippen LogP contribution in [0.15, 0.2) is 12.3 Å². The molecule has 1 atom stereocenters. The molecule has 0 aliphatic rings. The number of rotatable bonds is 3. The molecular weight excluding hydrogens is 220 g/mol. The Balaban J connectivity index is 2.23. The molecule has 1 unspecified atom stereocenters. The smallest absolute Gasteiger partial charge is 0.225 e. The summed E-state index contributed by atoms with van der Waals surface area (Å²) >= 11 is 2.47. The molecule has 2 aromatic heterocycles. The first-order chi connectivity index (χ1) is 6.81. The molecule has 0 aliphatic carbocycles. The van der Waals surface area contributed by atoms with Crippen molar-refractivity contribution in [2.24, 2.45) is 5.73 Å². The normalized spacial score (nSPS) is 12.7. The van der Waals surface area contributed by atoms with Gasteiger partial charge in [-0.3, -0.25) is 0 Å². The van der Waals surface area contributed by atoms with E-state index in [9.17, 15) is 0 Å². The lowest BCUT2D eigenvalue weighted by molar-refractivity contribution is 0.402. The minimum Gasteiger partial charge on any atom is -0.480 e. The maximum Gasteiger partial charge on any atom is 0.225 e. The molecule has 0 radical (unpaired) electrons. The van der Waals surface area contributed by atoms with Crippen molar-refractivity contribution in [3.63, 3.8) is 0 Å². The van der Waals surface area contributed by atoms with Crippen molar-refractivity contribution in [1.29, 1.82) is 0 Å². The van der Waals surface area contributed by atoms with Crippen molar-refractivity contribution in [3.8, 4) is 5.88 Å². The second-order valence-corrected chi connectivity index (χ2v) is 3.97. The van der Waals surface area contributed by atoms with Gasteiger partial charge in [-0.25, -0.2) is 0 Å². The van der Waals surface area contributed by atoms with Crippen LogP contribution >= 0.6 is 23.3 Å². The summed E-state index contributed by atoms with van der Waals surface area (Å²) in [6.07, 6.45) is 1.67. The Hall–Kier alpha value is -1.05. The van der Waals surface area contributed by atoms with Crippen LogP contribution in [0.5, 0.6) is 5.88 Å². The number of ether oxygens (including phenoxy) is 1. The maximum atomic E-state index is 5.95. The minimum absolute atomic E-state index is 0.254. The summed E-state index contributed by atoms with van der Waals surface area (Å²) in [4.78, 5) is 0.926. The van der Waals surface area contributed by atoms with Crippen LogP contribution in [0.3, 0.4) is 0 Å². The van der Waals surface area contributed by atoms with Crippen LogP contribution in [-0.2, 0) is 0 Å². The molecule has 14 heavy (non-hydrogen) atoms. The van der Waals surface area contributed by atoms with Gasteiger partial charge in [0.15, 0.2) is 0 Å². The van der Waals surface area contributed by atoms with Gasteiger partial charge in [0, 0.05) is 6.07 Å². The van der Waals surface area contributed by atoms with Gasteiger partial charge < -0.3 is 10.5 Å². The summed E-state index contributed by atoms with van der Waals surface area (Å²) in [5.74, 6) is 0.587. The van der Waals surface area contributed by atoms with E-state index in [0.717, 1.165) is 22.3 Å². The van der Waals surface area contributed by atoms with E-state index in [1.165, 1.54) is 11.5 Å². The number of methoxy groups -OCH3 is 1. The third kappa shape index (κ3) is 1.74. The monoisotopic (exact) mass is 228 g/mol. The predicted molar refractivity (Wildman–Crippen MR) is 54.6 cm³/mol. The van der Waals surface area contributed by atoms with Crippen LogP contribution in [-0.4, -0.2) is 20.2 Å². The van der Waals surface area contributed by atoms with Gasteiger partial charge in [0.25, 0.3) is 0 Å². The van der Waals surface area contributed by atoms with E-state index in [0.29, 0.717) is 5.88 Å². The maximum absolute atomic E-state index is 5.95. The third-order valence-corrected chi connectivity index (χ3v) is 3.07. The molecule has 0 fully saturated rings. The summed E-state index contributed by atoms with van der Waals surface area (Å²) in [7, 11) is 1.58. The lowest BCUT2D eigenvalue weighted by atomic mass is 10.2.